The van der Waals surface area contributed by atoms with Crippen molar-refractivity contribution in [1.82, 2.24) is 19.5 Å². The number of aryl methyl sites for hydroxylation is 2. The van der Waals surface area contributed by atoms with Crippen molar-refractivity contribution >= 4 is 20.9 Å². The lowest BCUT2D eigenvalue weighted by Gasteiger charge is -2.38. The van der Waals surface area contributed by atoms with Crippen molar-refractivity contribution in [1.29, 1.82) is 0 Å². The molecule has 1 saturated carbocycles. The highest BCUT2D eigenvalue weighted by molar-refractivity contribution is 7.89. The predicted molar refractivity (Wildman–Crippen MR) is 101 cm³/mol. The molecule has 142 valence electrons. The molecule has 0 spiro atoms. The van der Waals surface area contributed by atoms with Crippen molar-refractivity contribution in [3.05, 3.63) is 53.9 Å². The van der Waals surface area contributed by atoms with Crippen LogP contribution >= 0.6 is 0 Å². The van der Waals surface area contributed by atoms with Gasteiger partial charge in [0.15, 0.2) is 5.03 Å². The van der Waals surface area contributed by atoms with Crippen LogP contribution in [0.3, 0.4) is 0 Å². The quantitative estimate of drug-likeness (QED) is 0.700. The van der Waals surface area contributed by atoms with Gasteiger partial charge in [-0.05, 0) is 49.4 Å². The summed E-state index contributed by atoms with van der Waals surface area (Å²) in [5.41, 5.74) is 2.30. The summed E-state index contributed by atoms with van der Waals surface area (Å²) >= 11 is 0. The fraction of sp³-hybridized carbons (Fsp3) is 0.368. The van der Waals surface area contributed by atoms with Crippen molar-refractivity contribution in [2.24, 2.45) is 13.0 Å². The van der Waals surface area contributed by atoms with Gasteiger partial charge in [0.2, 0.25) is 0 Å². The minimum Gasteiger partial charge on any atom is -0.393 e. The molecule has 8 heteroatoms. The number of pyridine rings is 1. The largest absolute Gasteiger partial charge is 0.393 e. The van der Waals surface area contributed by atoms with Crippen LogP contribution in [0.2, 0.25) is 0 Å². The molecule has 0 amide bonds. The number of rotatable bonds is 5. The summed E-state index contributed by atoms with van der Waals surface area (Å²) < 4.78 is 30.2. The highest BCUT2D eigenvalue weighted by atomic mass is 32.2. The number of nitrogens with one attached hydrogen (secondary N) is 1. The van der Waals surface area contributed by atoms with E-state index in [0.717, 1.165) is 16.5 Å². The maximum absolute atomic E-state index is 13.0. The van der Waals surface area contributed by atoms with Gasteiger partial charge in [-0.1, -0.05) is 18.2 Å². The number of fused-ring (bicyclic) bond motifs is 1. The lowest BCUT2D eigenvalue weighted by molar-refractivity contribution is 0.0280. The first kappa shape index (κ1) is 18.1. The summed E-state index contributed by atoms with van der Waals surface area (Å²) in [6.45, 7) is 1.76. The molecule has 1 aromatic carbocycles. The molecular formula is C19H22N4O3S. The number of nitrogens with zero attached hydrogens (tertiary/aromatic N) is 3. The second-order valence-corrected chi connectivity index (χ2v) is 8.85. The predicted octanol–water partition coefficient (Wildman–Crippen LogP) is 2.07. The maximum Gasteiger partial charge on any atom is 0.258 e. The molecule has 27 heavy (non-hydrogen) atoms. The van der Waals surface area contributed by atoms with Gasteiger partial charge in [-0.25, -0.2) is 13.1 Å². The topological polar surface area (TPSA) is 97.1 Å². The first-order chi connectivity index (χ1) is 12.8. The molecule has 4 rings (SSSR count). The van der Waals surface area contributed by atoms with Gasteiger partial charge in [0, 0.05) is 18.6 Å². The normalized spacial score (nSPS) is 21.1. The Balaban J connectivity index is 1.71. The van der Waals surface area contributed by atoms with E-state index < -0.39 is 16.1 Å². The average molecular weight is 386 g/mol. The summed E-state index contributed by atoms with van der Waals surface area (Å²) in [5.74, 6) is 0.0204. The fourth-order valence-corrected chi connectivity index (χ4v) is 5.16. The third-order valence-corrected chi connectivity index (χ3v) is 6.61. The Morgan fingerprint density at radius 2 is 2.00 bits per heavy atom. The highest BCUT2D eigenvalue weighted by Gasteiger charge is 2.38. The van der Waals surface area contributed by atoms with E-state index in [2.05, 4.69) is 14.8 Å². The second-order valence-electron chi connectivity index (χ2n) is 7.19. The Bertz CT molecular complexity index is 1090. The molecule has 0 unspecified atom stereocenters. The van der Waals surface area contributed by atoms with E-state index in [-0.39, 0.29) is 17.0 Å². The number of para-hydroxylation sites is 1. The third-order valence-electron chi connectivity index (χ3n) is 5.11. The van der Waals surface area contributed by atoms with Crippen molar-refractivity contribution in [3.63, 3.8) is 0 Å². The third kappa shape index (κ3) is 3.47. The van der Waals surface area contributed by atoms with Crippen LogP contribution in [-0.4, -0.2) is 34.4 Å². The zero-order valence-corrected chi connectivity index (χ0v) is 16.0. The molecule has 2 aromatic heterocycles. The Kier molecular flexibility index (Phi) is 4.49. The molecule has 1 atom stereocenters. The monoisotopic (exact) mass is 386 g/mol. The van der Waals surface area contributed by atoms with E-state index >= 15 is 0 Å². The van der Waals surface area contributed by atoms with Crippen LogP contribution in [0, 0.1) is 12.8 Å². The molecule has 1 aliphatic carbocycles. The smallest absolute Gasteiger partial charge is 0.258 e. The number of aromatic nitrogens is 3. The molecule has 0 bridgehead atoms. The van der Waals surface area contributed by atoms with Gasteiger partial charge in [0.25, 0.3) is 10.0 Å². The summed E-state index contributed by atoms with van der Waals surface area (Å²) in [5, 5.41) is 15.0. The van der Waals surface area contributed by atoms with Gasteiger partial charge < -0.3 is 5.11 Å². The Morgan fingerprint density at radius 1 is 1.26 bits per heavy atom. The molecule has 1 aliphatic rings. The fourth-order valence-electron chi connectivity index (χ4n) is 3.66. The Morgan fingerprint density at radius 3 is 2.67 bits per heavy atom. The van der Waals surface area contributed by atoms with E-state index in [0.29, 0.717) is 18.5 Å². The summed E-state index contributed by atoms with van der Waals surface area (Å²) in [7, 11) is -2.16. The lowest BCUT2D eigenvalue weighted by atomic mass is 9.75. The molecule has 2 N–H and O–H groups in total. The van der Waals surface area contributed by atoms with E-state index in [1.54, 1.807) is 26.2 Å². The summed E-state index contributed by atoms with van der Waals surface area (Å²) in [6.07, 6.45) is 2.46. The van der Waals surface area contributed by atoms with Crippen LogP contribution in [0.4, 0.5) is 0 Å². The van der Waals surface area contributed by atoms with E-state index in [1.165, 1.54) is 4.68 Å². The van der Waals surface area contributed by atoms with Crippen molar-refractivity contribution in [2.75, 3.05) is 0 Å². The number of sulfonamides is 1. The highest BCUT2D eigenvalue weighted by Crippen LogP contribution is 2.39. The zero-order chi connectivity index (χ0) is 19.2. The number of hydrogen-bond donors (Lipinski definition) is 2. The van der Waals surface area contributed by atoms with Crippen molar-refractivity contribution in [2.45, 2.75) is 36.9 Å². The Hall–Kier alpha value is -2.29. The summed E-state index contributed by atoms with van der Waals surface area (Å²) in [4.78, 5) is 4.47. The first-order valence-corrected chi connectivity index (χ1v) is 10.4. The van der Waals surface area contributed by atoms with E-state index in [9.17, 15) is 13.5 Å². The van der Waals surface area contributed by atoms with Gasteiger partial charge >= 0.3 is 0 Å². The van der Waals surface area contributed by atoms with Crippen LogP contribution < -0.4 is 4.72 Å². The van der Waals surface area contributed by atoms with Crippen LogP contribution in [0.25, 0.3) is 10.9 Å². The molecule has 3 aromatic rings. The number of aliphatic hydroxyl groups is 1. The molecule has 0 saturated heterocycles. The lowest BCUT2D eigenvalue weighted by Crippen LogP contribution is -2.41. The van der Waals surface area contributed by atoms with Crippen molar-refractivity contribution < 1.29 is 13.5 Å². The van der Waals surface area contributed by atoms with Gasteiger partial charge in [-0.3, -0.25) is 9.67 Å². The van der Waals surface area contributed by atoms with Crippen molar-refractivity contribution in [3.8, 4) is 0 Å². The van der Waals surface area contributed by atoms with Crippen LogP contribution in [0.1, 0.15) is 30.1 Å². The molecule has 1 fully saturated rings. The first-order valence-electron chi connectivity index (χ1n) is 8.89. The van der Waals surface area contributed by atoms with Gasteiger partial charge in [-0.15, -0.1) is 0 Å². The number of benzene rings is 1. The molecule has 0 aliphatic heterocycles. The number of aliphatic hydroxyl groups excluding tert-OH is 1. The zero-order valence-electron chi connectivity index (χ0n) is 15.2. The average Bonchev–Trinajstić information content (AvgIpc) is 2.96. The number of hydrogen-bond acceptors (Lipinski definition) is 5. The molecule has 0 radical (unpaired) electrons. The molecule has 2 heterocycles. The molecular weight excluding hydrogens is 364 g/mol. The maximum atomic E-state index is 13.0. The minimum atomic E-state index is -3.77. The van der Waals surface area contributed by atoms with Gasteiger partial charge in [-0.2, -0.15) is 5.10 Å². The SMILES string of the molecule is Cc1cc(S(=O)(=O)N[C@@H](c2cnc3ccccc3c2)C2CC(O)C2)n(C)n1. The van der Waals surface area contributed by atoms with Crippen LogP contribution in [0.15, 0.2) is 47.6 Å². The van der Waals surface area contributed by atoms with E-state index in [4.69, 9.17) is 0 Å². The van der Waals surface area contributed by atoms with E-state index in [1.807, 2.05) is 30.3 Å². The second kappa shape index (κ2) is 6.70. The van der Waals surface area contributed by atoms with Gasteiger partial charge in [0.05, 0.1) is 23.4 Å². The Labute approximate surface area is 158 Å². The van der Waals surface area contributed by atoms with Crippen LogP contribution in [-0.2, 0) is 17.1 Å². The summed E-state index contributed by atoms with van der Waals surface area (Å²) in [6, 6.07) is 10.8. The molecule has 7 nitrogen and oxygen atoms in total. The van der Waals surface area contributed by atoms with Gasteiger partial charge in [0.1, 0.15) is 0 Å². The minimum absolute atomic E-state index is 0.0204. The standard InChI is InChI=1S/C19H22N4O3S/c1-12-7-18(23(2)21-12)27(25,26)22-19(14-9-16(24)10-14)15-8-13-5-3-4-6-17(13)20-11-15/h3-8,11,14,16,19,22,24H,9-10H2,1-2H3/t14?,16?,19-/m1/s1. The van der Waals surface area contributed by atoms with Crippen LogP contribution in [0.5, 0.6) is 0 Å².